The summed E-state index contributed by atoms with van der Waals surface area (Å²) in [5, 5.41) is 11.5. The highest BCUT2D eigenvalue weighted by Gasteiger charge is 2.31. The topological polar surface area (TPSA) is 49.3 Å². The van der Waals surface area contributed by atoms with Crippen LogP contribution in [0.5, 0.6) is 5.75 Å². The molecule has 0 heterocycles. The molecule has 0 atom stereocenters. The Kier molecular flexibility index (Phi) is 3.79. The molecule has 1 amide bonds. The number of phenols is 1. The molecule has 0 aliphatic rings. The van der Waals surface area contributed by atoms with Gasteiger partial charge in [-0.25, -0.2) is 0 Å². The molecule has 1 rings (SSSR count). The molecule has 1 aromatic rings. The average molecular weight is 298 g/mol. The van der Waals surface area contributed by atoms with Gasteiger partial charge in [-0.2, -0.15) is 13.2 Å². The SMILES string of the molecule is O=C(CBr)Nc1ccc(C(F)(F)F)cc1O. The zero-order chi connectivity index (χ0) is 12.3. The maximum atomic E-state index is 12.2. The van der Waals surface area contributed by atoms with E-state index in [1.807, 2.05) is 0 Å². The number of nitrogens with one attached hydrogen (secondary N) is 1. The predicted molar refractivity (Wildman–Crippen MR) is 55.5 cm³/mol. The number of phenolic OH excluding ortho intramolecular Hbond substituents is 1. The highest BCUT2D eigenvalue weighted by molar-refractivity contribution is 9.09. The number of carbonyl (C=O) groups is 1. The third kappa shape index (κ3) is 3.13. The van der Waals surface area contributed by atoms with Crippen molar-refractivity contribution >= 4 is 27.5 Å². The van der Waals surface area contributed by atoms with E-state index < -0.39 is 23.4 Å². The number of carbonyl (C=O) groups excluding carboxylic acids is 1. The highest BCUT2D eigenvalue weighted by atomic mass is 79.9. The molecule has 0 saturated heterocycles. The second-order valence-corrected chi connectivity index (χ2v) is 3.47. The lowest BCUT2D eigenvalue weighted by Crippen LogP contribution is -2.13. The van der Waals surface area contributed by atoms with Gasteiger partial charge in [0.05, 0.1) is 16.6 Å². The van der Waals surface area contributed by atoms with Gasteiger partial charge in [0.2, 0.25) is 5.91 Å². The molecular weight excluding hydrogens is 291 g/mol. The van der Waals surface area contributed by atoms with E-state index in [1.54, 1.807) is 0 Å². The number of alkyl halides is 4. The van der Waals surface area contributed by atoms with Gasteiger partial charge in [-0.15, -0.1) is 0 Å². The molecule has 7 heteroatoms. The van der Waals surface area contributed by atoms with Gasteiger partial charge in [0.25, 0.3) is 0 Å². The summed E-state index contributed by atoms with van der Waals surface area (Å²) < 4.78 is 36.7. The van der Waals surface area contributed by atoms with Crippen molar-refractivity contribution in [3.63, 3.8) is 0 Å². The van der Waals surface area contributed by atoms with Gasteiger partial charge in [0.1, 0.15) is 5.75 Å². The highest BCUT2D eigenvalue weighted by Crippen LogP contribution is 2.34. The van der Waals surface area contributed by atoms with Crippen LogP contribution >= 0.6 is 15.9 Å². The number of benzene rings is 1. The lowest BCUT2D eigenvalue weighted by Gasteiger charge is -2.10. The Bertz CT molecular complexity index is 406. The van der Waals surface area contributed by atoms with Crippen LogP contribution in [0.2, 0.25) is 0 Å². The summed E-state index contributed by atoms with van der Waals surface area (Å²) in [4.78, 5) is 10.9. The van der Waals surface area contributed by atoms with Gasteiger partial charge in [0, 0.05) is 0 Å². The van der Waals surface area contributed by atoms with Gasteiger partial charge in [-0.1, -0.05) is 15.9 Å². The zero-order valence-corrected chi connectivity index (χ0v) is 9.39. The van der Waals surface area contributed by atoms with Crippen LogP contribution in [0.25, 0.3) is 0 Å². The van der Waals surface area contributed by atoms with Crippen molar-refractivity contribution in [3.05, 3.63) is 23.8 Å². The van der Waals surface area contributed by atoms with Gasteiger partial charge in [0.15, 0.2) is 0 Å². The molecule has 1 aromatic carbocycles. The Hall–Kier alpha value is -1.24. The fourth-order valence-corrected chi connectivity index (χ4v) is 1.14. The first-order valence-corrected chi connectivity index (χ1v) is 5.22. The summed E-state index contributed by atoms with van der Waals surface area (Å²) >= 11 is 2.87. The molecule has 16 heavy (non-hydrogen) atoms. The maximum absolute atomic E-state index is 12.2. The largest absolute Gasteiger partial charge is 0.506 e. The first kappa shape index (κ1) is 12.8. The van der Waals surface area contributed by atoms with Crippen molar-refractivity contribution in [1.29, 1.82) is 0 Å². The molecule has 3 nitrogen and oxygen atoms in total. The van der Waals surface area contributed by atoms with Gasteiger partial charge in [-0.05, 0) is 18.2 Å². The molecule has 0 saturated carbocycles. The number of aromatic hydroxyl groups is 1. The number of rotatable bonds is 2. The molecule has 0 fully saturated rings. The molecule has 0 bridgehead atoms. The van der Waals surface area contributed by atoms with Crippen molar-refractivity contribution in [3.8, 4) is 5.75 Å². The fourth-order valence-electron chi connectivity index (χ4n) is 0.997. The molecule has 0 aliphatic heterocycles. The number of hydrogen-bond donors (Lipinski definition) is 2. The smallest absolute Gasteiger partial charge is 0.416 e. The van der Waals surface area contributed by atoms with E-state index in [2.05, 4.69) is 21.2 Å². The van der Waals surface area contributed by atoms with E-state index in [9.17, 15) is 23.1 Å². The summed E-state index contributed by atoms with van der Waals surface area (Å²) in [6, 6.07) is 2.34. The lowest BCUT2D eigenvalue weighted by atomic mass is 10.2. The van der Waals surface area contributed by atoms with Gasteiger partial charge in [-0.3, -0.25) is 4.79 Å². The molecule has 0 aliphatic carbocycles. The van der Waals surface area contributed by atoms with Crippen LogP contribution in [0.4, 0.5) is 18.9 Å². The first-order chi connectivity index (χ1) is 7.34. The van der Waals surface area contributed by atoms with Crippen molar-refractivity contribution in [2.75, 3.05) is 10.6 Å². The Morgan fingerprint density at radius 3 is 2.50 bits per heavy atom. The molecule has 88 valence electrons. The van der Waals surface area contributed by atoms with E-state index in [-0.39, 0.29) is 11.0 Å². The summed E-state index contributed by atoms with van der Waals surface area (Å²) in [6.07, 6.45) is -4.52. The minimum atomic E-state index is -4.52. The quantitative estimate of drug-likeness (QED) is 0.651. The van der Waals surface area contributed by atoms with Crippen LogP contribution < -0.4 is 5.32 Å². The molecule has 0 spiro atoms. The Balaban J connectivity index is 2.96. The van der Waals surface area contributed by atoms with E-state index in [0.717, 1.165) is 12.1 Å². The van der Waals surface area contributed by atoms with Crippen molar-refractivity contribution in [2.24, 2.45) is 0 Å². The number of anilines is 1. The summed E-state index contributed by atoms with van der Waals surface area (Å²) in [7, 11) is 0. The average Bonchev–Trinajstić information content (AvgIpc) is 2.19. The Morgan fingerprint density at radius 2 is 2.06 bits per heavy atom. The summed E-state index contributed by atoms with van der Waals surface area (Å²) in [5.41, 5.74) is -1.03. The van der Waals surface area contributed by atoms with Crippen LogP contribution in [0, 0.1) is 0 Å². The van der Waals surface area contributed by atoms with Gasteiger partial charge < -0.3 is 10.4 Å². The molecule has 2 N–H and O–H groups in total. The summed E-state index contributed by atoms with van der Waals surface area (Å²) in [5.74, 6) is -1.08. The molecule has 0 unspecified atom stereocenters. The molecular formula is C9H7BrF3NO2. The fraction of sp³-hybridized carbons (Fsp3) is 0.222. The van der Waals surface area contributed by atoms with Crippen LogP contribution in [0.15, 0.2) is 18.2 Å². The second-order valence-electron chi connectivity index (χ2n) is 2.91. The normalized spacial score (nSPS) is 11.2. The van der Waals surface area contributed by atoms with Crippen molar-refractivity contribution < 1.29 is 23.1 Å². The van der Waals surface area contributed by atoms with Crippen LogP contribution in [0.3, 0.4) is 0 Å². The van der Waals surface area contributed by atoms with Crippen molar-refractivity contribution in [1.82, 2.24) is 0 Å². The van der Waals surface area contributed by atoms with Gasteiger partial charge >= 0.3 is 6.18 Å². The second kappa shape index (κ2) is 4.73. The summed E-state index contributed by atoms with van der Waals surface area (Å²) in [6.45, 7) is 0. The van der Waals surface area contributed by atoms with Crippen LogP contribution in [-0.4, -0.2) is 16.3 Å². The standard InChI is InChI=1S/C9H7BrF3NO2/c10-4-8(16)14-6-2-1-5(3-7(6)15)9(11,12)13/h1-3,15H,4H2,(H,14,16). The lowest BCUT2D eigenvalue weighted by molar-refractivity contribution is -0.137. The van der Waals surface area contributed by atoms with E-state index in [0.29, 0.717) is 6.07 Å². The minimum Gasteiger partial charge on any atom is -0.506 e. The minimum absolute atomic E-state index is 0.00649. The van der Waals surface area contributed by atoms with Crippen LogP contribution in [-0.2, 0) is 11.0 Å². The molecule has 0 radical (unpaired) electrons. The maximum Gasteiger partial charge on any atom is 0.416 e. The number of hydrogen-bond acceptors (Lipinski definition) is 2. The monoisotopic (exact) mass is 297 g/mol. The number of halogens is 4. The predicted octanol–water partition coefficient (Wildman–Crippen LogP) is 2.74. The third-order valence-electron chi connectivity index (χ3n) is 1.72. The van der Waals surface area contributed by atoms with E-state index in [1.165, 1.54) is 0 Å². The Labute approximate surface area is 97.4 Å². The number of amides is 1. The third-order valence-corrected chi connectivity index (χ3v) is 2.23. The van der Waals surface area contributed by atoms with Crippen molar-refractivity contribution in [2.45, 2.75) is 6.18 Å². The molecule has 0 aromatic heterocycles. The zero-order valence-electron chi connectivity index (χ0n) is 7.81. The Morgan fingerprint density at radius 1 is 1.44 bits per heavy atom. The van der Waals surface area contributed by atoms with Crippen LogP contribution in [0.1, 0.15) is 5.56 Å². The van der Waals surface area contributed by atoms with E-state index in [4.69, 9.17) is 0 Å². The van der Waals surface area contributed by atoms with E-state index >= 15 is 0 Å². The first-order valence-electron chi connectivity index (χ1n) is 4.10.